The first kappa shape index (κ1) is 18.8. The molecule has 0 atom stereocenters. The molecule has 1 fully saturated rings. The van der Waals surface area contributed by atoms with Crippen LogP contribution in [0.15, 0.2) is 29.3 Å². The fraction of sp³-hybridized carbons (Fsp3) is 0.650. The summed E-state index contributed by atoms with van der Waals surface area (Å²) in [5, 5.41) is 16.5. The molecular formula is C20H33N3O. The molecule has 1 aromatic carbocycles. The van der Waals surface area contributed by atoms with Crippen LogP contribution < -0.4 is 10.6 Å². The van der Waals surface area contributed by atoms with Crippen LogP contribution in [0.4, 0.5) is 0 Å². The zero-order valence-electron chi connectivity index (χ0n) is 15.6. The van der Waals surface area contributed by atoms with Crippen LogP contribution >= 0.6 is 0 Å². The molecule has 1 aromatic rings. The number of guanidine groups is 1. The summed E-state index contributed by atoms with van der Waals surface area (Å²) in [5.74, 6) is 0.888. The lowest BCUT2D eigenvalue weighted by Gasteiger charge is -2.28. The second kappa shape index (κ2) is 8.52. The van der Waals surface area contributed by atoms with E-state index in [0.717, 1.165) is 44.7 Å². The van der Waals surface area contributed by atoms with Gasteiger partial charge in [-0.1, -0.05) is 43.7 Å². The zero-order chi connectivity index (χ0) is 17.6. The molecule has 1 aliphatic carbocycles. The van der Waals surface area contributed by atoms with Crippen molar-refractivity contribution >= 4 is 5.96 Å². The Hall–Kier alpha value is -1.55. The van der Waals surface area contributed by atoms with Gasteiger partial charge in [0.15, 0.2) is 5.96 Å². The van der Waals surface area contributed by atoms with Crippen LogP contribution in [0.25, 0.3) is 0 Å². The molecule has 0 aromatic heterocycles. The Morgan fingerprint density at radius 1 is 1.17 bits per heavy atom. The molecule has 0 radical (unpaired) electrons. The Labute approximate surface area is 146 Å². The van der Waals surface area contributed by atoms with Crippen LogP contribution in [0.5, 0.6) is 0 Å². The van der Waals surface area contributed by atoms with Crippen LogP contribution in [0, 0.1) is 6.92 Å². The minimum absolute atomic E-state index is 0.00118. The molecule has 2 rings (SSSR count). The van der Waals surface area contributed by atoms with Gasteiger partial charge in [0, 0.05) is 18.0 Å². The van der Waals surface area contributed by atoms with Crippen molar-refractivity contribution in [1.82, 2.24) is 10.6 Å². The number of hydrogen-bond acceptors (Lipinski definition) is 2. The molecule has 4 nitrogen and oxygen atoms in total. The number of rotatable bonds is 5. The number of hydrogen-bond donors (Lipinski definition) is 3. The van der Waals surface area contributed by atoms with Gasteiger partial charge >= 0.3 is 0 Å². The minimum atomic E-state index is -0.122. The fourth-order valence-electron chi connectivity index (χ4n) is 3.11. The lowest BCUT2D eigenvalue weighted by molar-refractivity contribution is 0.120. The highest BCUT2D eigenvalue weighted by Gasteiger charge is 2.22. The van der Waals surface area contributed by atoms with Crippen molar-refractivity contribution in [2.75, 3.05) is 13.1 Å². The minimum Gasteiger partial charge on any atom is -0.393 e. The van der Waals surface area contributed by atoms with Crippen LogP contribution in [0.2, 0.25) is 0 Å². The smallest absolute Gasteiger partial charge is 0.191 e. The number of aryl methyl sites for hydroxylation is 1. The summed E-state index contributed by atoms with van der Waals surface area (Å²) < 4.78 is 0. The Morgan fingerprint density at radius 2 is 1.79 bits per heavy atom. The van der Waals surface area contributed by atoms with E-state index in [2.05, 4.69) is 62.6 Å². The van der Waals surface area contributed by atoms with E-state index in [1.807, 2.05) is 0 Å². The third kappa shape index (κ3) is 5.52. The third-order valence-corrected chi connectivity index (χ3v) is 4.85. The van der Waals surface area contributed by atoms with E-state index in [9.17, 15) is 5.11 Å². The predicted molar refractivity (Wildman–Crippen MR) is 102 cm³/mol. The molecule has 134 valence electrons. The SMILES string of the molecule is CCNC(=NCC(C)(C)c1ccc(C)cc1)NC1CCC(O)CC1. The molecule has 4 heteroatoms. The van der Waals surface area contributed by atoms with Gasteiger partial charge in [0.2, 0.25) is 0 Å². The van der Waals surface area contributed by atoms with Gasteiger partial charge in [-0.15, -0.1) is 0 Å². The summed E-state index contributed by atoms with van der Waals surface area (Å²) in [6.07, 6.45) is 3.65. The van der Waals surface area contributed by atoms with Crippen molar-refractivity contribution in [2.24, 2.45) is 4.99 Å². The maximum absolute atomic E-state index is 9.65. The molecule has 0 bridgehead atoms. The van der Waals surface area contributed by atoms with Crippen LogP contribution in [0.1, 0.15) is 57.6 Å². The lowest BCUT2D eigenvalue weighted by Crippen LogP contribution is -2.45. The van der Waals surface area contributed by atoms with Crippen molar-refractivity contribution in [1.29, 1.82) is 0 Å². The Morgan fingerprint density at radius 3 is 2.38 bits per heavy atom. The first-order chi connectivity index (χ1) is 11.4. The molecule has 0 unspecified atom stereocenters. The first-order valence-corrected chi connectivity index (χ1v) is 9.21. The summed E-state index contributed by atoms with van der Waals surface area (Å²) in [6, 6.07) is 9.14. The molecule has 24 heavy (non-hydrogen) atoms. The van der Waals surface area contributed by atoms with Crippen LogP contribution in [-0.4, -0.2) is 36.3 Å². The standard InChI is InChI=1S/C20H33N3O/c1-5-21-19(23-17-10-12-18(24)13-11-17)22-14-20(3,4)16-8-6-15(2)7-9-16/h6-9,17-18,24H,5,10-14H2,1-4H3,(H2,21,22,23). The highest BCUT2D eigenvalue weighted by molar-refractivity contribution is 5.80. The summed E-state index contributed by atoms with van der Waals surface area (Å²) in [4.78, 5) is 4.83. The monoisotopic (exact) mass is 331 g/mol. The number of benzene rings is 1. The topological polar surface area (TPSA) is 56.7 Å². The summed E-state index contributed by atoms with van der Waals surface area (Å²) in [5.41, 5.74) is 2.60. The number of aliphatic imine (C=N–C) groups is 1. The summed E-state index contributed by atoms with van der Waals surface area (Å²) in [6.45, 7) is 10.3. The van der Waals surface area contributed by atoms with E-state index >= 15 is 0 Å². The van der Waals surface area contributed by atoms with Crippen LogP contribution in [-0.2, 0) is 5.41 Å². The van der Waals surface area contributed by atoms with E-state index < -0.39 is 0 Å². The van der Waals surface area contributed by atoms with Crippen molar-refractivity contribution in [3.05, 3.63) is 35.4 Å². The van der Waals surface area contributed by atoms with E-state index in [1.54, 1.807) is 0 Å². The van der Waals surface area contributed by atoms with Gasteiger partial charge in [-0.25, -0.2) is 0 Å². The fourth-order valence-corrected chi connectivity index (χ4v) is 3.11. The number of aliphatic hydroxyl groups excluding tert-OH is 1. The average molecular weight is 332 g/mol. The number of nitrogens with zero attached hydrogens (tertiary/aromatic N) is 1. The van der Waals surface area contributed by atoms with Crippen molar-refractivity contribution in [3.63, 3.8) is 0 Å². The average Bonchev–Trinajstić information content (AvgIpc) is 2.55. The van der Waals surface area contributed by atoms with E-state index in [-0.39, 0.29) is 11.5 Å². The molecule has 1 saturated carbocycles. The highest BCUT2D eigenvalue weighted by atomic mass is 16.3. The molecule has 0 saturated heterocycles. The summed E-state index contributed by atoms with van der Waals surface area (Å²) >= 11 is 0. The Balaban J connectivity index is 1.99. The van der Waals surface area contributed by atoms with Gasteiger partial charge < -0.3 is 15.7 Å². The molecule has 0 amide bonds. The second-order valence-corrected chi connectivity index (χ2v) is 7.59. The molecule has 0 spiro atoms. The summed E-state index contributed by atoms with van der Waals surface area (Å²) in [7, 11) is 0. The maximum Gasteiger partial charge on any atom is 0.191 e. The van der Waals surface area contributed by atoms with Crippen molar-refractivity contribution < 1.29 is 5.11 Å². The largest absolute Gasteiger partial charge is 0.393 e. The highest BCUT2D eigenvalue weighted by Crippen LogP contribution is 2.24. The Bertz CT molecular complexity index is 528. The maximum atomic E-state index is 9.65. The number of nitrogens with one attached hydrogen (secondary N) is 2. The zero-order valence-corrected chi connectivity index (χ0v) is 15.6. The quantitative estimate of drug-likeness (QED) is 0.574. The second-order valence-electron chi connectivity index (χ2n) is 7.59. The van der Waals surface area contributed by atoms with Gasteiger partial charge in [0.1, 0.15) is 0 Å². The van der Waals surface area contributed by atoms with Crippen molar-refractivity contribution in [2.45, 2.75) is 70.9 Å². The lowest BCUT2D eigenvalue weighted by atomic mass is 9.84. The van der Waals surface area contributed by atoms with Gasteiger partial charge in [0.25, 0.3) is 0 Å². The number of aliphatic hydroxyl groups is 1. The normalized spacial score (nSPS) is 22.3. The van der Waals surface area contributed by atoms with Gasteiger partial charge in [0.05, 0.1) is 12.6 Å². The van der Waals surface area contributed by atoms with E-state index in [0.29, 0.717) is 6.04 Å². The van der Waals surface area contributed by atoms with Crippen LogP contribution in [0.3, 0.4) is 0 Å². The molecule has 0 heterocycles. The van der Waals surface area contributed by atoms with Gasteiger partial charge in [-0.05, 0) is 45.1 Å². The first-order valence-electron chi connectivity index (χ1n) is 9.21. The molecule has 3 N–H and O–H groups in total. The molecule has 0 aliphatic heterocycles. The Kier molecular flexibility index (Phi) is 6.67. The molecule has 1 aliphatic rings. The molecular weight excluding hydrogens is 298 g/mol. The van der Waals surface area contributed by atoms with E-state index in [4.69, 9.17) is 4.99 Å². The van der Waals surface area contributed by atoms with Gasteiger partial charge in [-0.2, -0.15) is 0 Å². The third-order valence-electron chi connectivity index (χ3n) is 4.85. The van der Waals surface area contributed by atoms with E-state index in [1.165, 1.54) is 11.1 Å². The predicted octanol–water partition coefficient (Wildman–Crippen LogP) is 3.13. The van der Waals surface area contributed by atoms with Gasteiger partial charge in [-0.3, -0.25) is 4.99 Å². The van der Waals surface area contributed by atoms with Crippen molar-refractivity contribution in [3.8, 4) is 0 Å².